The molecule has 0 aliphatic rings. The van der Waals surface area contributed by atoms with Crippen LogP contribution in [0.1, 0.15) is 37.6 Å². The Balaban J connectivity index is 2.25. The summed E-state index contributed by atoms with van der Waals surface area (Å²) < 4.78 is 0. The zero-order valence-electron chi connectivity index (χ0n) is 10.2. The zero-order valence-corrected chi connectivity index (χ0v) is 11.0. The van der Waals surface area contributed by atoms with E-state index < -0.39 is 0 Å². The molecule has 3 heteroatoms. The van der Waals surface area contributed by atoms with Gasteiger partial charge in [0.15, 0.2) is 0 Å². The highest BCUT2D eigenvalue weighted by Gasteiger charge is 2.06. The molecule has 0 radical (unpaired) electrons. The van der Waals surface area contributed by atoms with E-state index in [1.54, 1.807) is 0 Å². The van der Waals surface area contributed by atoms with E-state index in [9.17, 15) is 0 Å². The number of nitrogens with one attached hydrogen (secondary N) is 1. The average Bonchev–Trinajstić information content (AvgIpc) is 2.65. The number of hydrogen-bond acceptors (Lipinski definition) is 3. The largest absolute Gasteiger partial charge is 0.312 e. The fourth-order valence-corrected chi connectivity index (χ4v) is 2.08. The number of aromatic nitrogens is 1. The van der Waals surface area contributed by atoms with Crippen molar-refractivity contribution in [2.75, 3.05) is 6.54 Å². The Hall–Kier alpha value is -0.410. The normalized spacial score (nSPS) is 13.4. The monoisotopic (exact) mass is 226 g/mol. The Morgan fingerprint density at radius 3 is 2.67 bits per heavy atom. The summed E-state index contributed by atoms with van der Waals surface area (Å²) in [6.45, 7) is 11.0. The minimum Gasteiger partial charge on any atom is -0.312 e. The van der Waals surface area contributed by atoms with Crippen molar-refractivity contribution in [3.8, 4) is 0 Å². The molecule has 0 bridgehead atoms. The van der Waals surface area contributed by atoms with E-state index in [0.29, 0.717) is 0 Å². The standard InChI is InChI=1S/C12H22N2S/c1-5-12-14-8-11(15-12)7-13-6-10(4)9(2)3/h8-10,13H,5-7H2,1-4H3. The summed E-state index contributed by atoms with van der Waals surface area (Å²) in [7, 11) is 0. The van der Waals surface area contributed by atoms with Crippen LogP contribution in [0.4, 0.5) is 0 Å². The molecule has 15 heavy (non-hydrogen) atoms. The summed E-state index contributed by atoms with van der Waals surface area (Å²) in [6, 6.07) is 0. The van der Waals surface area contributed by atoms with Crippen LogP contribution < -0.4 is 5.32 Å². The molecule has 2 nitrogen and oxygen atoms in total. The van der Waals surface area contributed by atoms with Crippen LogP contribution in [0.3, 0.4) is 0 Å². The van der Waals surface area contributed by atoms with Gasteiger partial charge in [0.2, 0.25) is 0 Å². The van der Waals surface area contributed by atoms with Gasteiger partial charge in [-0.15, -0.1) is 11.3 Å². The van der Waals surface area contributed by atoms with Gasteiger partial charge in [0.25, 0.3) is 0 Å². The van der Waals surface area contributed by atoms with E-state index in [-0.39, 0.29) is 0 Å². The van der Waals surface area contributed by atoms with Crippen LogP contribution in [0.5, 0.6) is 0 Å². The lowest BCUT2D eigenvalue weighted by Gasteiger charge is -2.15. The van der Waals surface area contributed by atoms with E-state index in [4.69, 9.17) is 0 Å². The summed E-state index contributed by atoms with van der Waals surface area (Å²) >= 11 is 1.82. The van der Waals surface area contributed by atoms with Crippen molar-refractivity contribution in [2.45, 2.75) is 40.7 Å². The lowest BCUT2D eigenvalue weighted by atomic mass is 9.98. The molecule has 1 N–H and O–H groups in total. The Kier molecular flexibility index (Phi) is 5.26. The van der Waals surface area contributed by atoms with Crippen molar-refractivity contribution < 1.29 is 0 Å². The van der Waals surface area contributed by atoms with Crippen LogP contribution in [0.2, 0.25) is 0 Å². The maximum Gasteiger partial charge on any atom is 0.0925 e. The van der Waals surface area contributed by atoms with Crippen molar-refractivity contribution in [2.24, 2.45) is 11.8 Å². The molecule has 0 aliphatic carbocycles. The smallest absolute Gasteiger partial charge is 0.0925 e. The highest BCUT2D eigenvalue weighted by molar-refractivity contribution is 7.11. The van der Waals surface area contributed by atoms with E-state index >= 15 is 0 Å². The molecule has 1 aromatic rings. The van der Waals surface area contributed by atoms with Gasteiger partial charge in [-0.25, -0.2) is 4.98 Å². The molecule has 0 aliphatic heterocycles. The second kappa shape index (κ2) is 6.23. The molecule has 0 saturated carbocycles. The number of nitrogens with zero attached hydrogens (tertiary/aromatic N) is 1. The summed E-state index contributed by atoms with van der Waals surface area (Å²) in [5, 5.41) is 4.73. The minimum absolute atomic E-state index is 0.739. The number of thiazole rings is 1. The predicted octanol–water partition coefficient (Wildman–Crippen LogP) is 3.09. The molecule has 86 valence electrons. The fourth-order valence-electron chi connectivity index (χ4n) is 1.25. The molecule has 0 spiro atoms. The number of rotatable bonds is 6. The van der Waals surface area contributed by atoms with Gasteiger partial charge in [0, 0.05) is 17.6 Å². The molecule has 0 aromatic carbocycles. The SMILES string of the molecule is CCc1ncc(CNCC(C)C(C)C)s1. The topological polar surface area (TPSA) is 24.9 Å². The van der Waals surface area contributed by atoms with Gasteiger partial charge in [-0.05, 0) is 24.8 Å². The highest BCUT2D eigenvalue weighted by atomic mass is 32.1. The predicted molar refractivity (Wildman–Crippen MR) is 67.2 cm³/mol. The molecular weight excluding hydrogens is 204 g/mol. The molecule has 0 saturated heterocycles. The van der Waals surface area contributed by atoms with Crippen molar-refractivity contribution >= 4 is 11.3 Å². The van der Waals surface area contributed by atoms with Gasteiger partial charge in [-0.3, -0.25) is 0 Å². The summed E-state index contributed by atoms with van der Waals surface area (Å²) in [4.78, 5) is 5.70. The average molecular weight is 226 g/mol. The van der Waals surface area contributed by atoms with Crippen molar-refractivity contribution in [1.29, 1.82) is 0 Å². The van der Waals surface area contributed by atoms with E-state index in [1.165, 1.54) is 9.88 Å². The van der Waals surface area contributed by atoms with E-state index in [0.717, 1.165) is 31.3 Å². The van der Waals surface area contributed by atoms with Gasteiger partial charge < -0.3 is 5.32 Å². The second-order valence-corrected chi connectivity index (χ2v) is 5.63. The van der Waals surface area contributed by atoms with E-state index in [1.807, 2.05) is 17.5 Å². The van der Waals surface area contributed by atoms with Crippen LogP contribution >= 0.6 is 11.3 Å². The van der Waals surface area contributed by atoms with Crippen LogP contribution in [-0.4, -0.2) is 11.5 Å². The lowest BCUT2D eigenvalue weighted by Crippen LogP contribution is -2.23. The molecule has 1 heterocycles. The quantitative estimate of drug-likeness (QED) is 0.806. The van der Waals surface area contributed by atoms with Crippen molar-refractivity contribution in [3.05, 3.63) is 16.1 Å². The number of aryl methyl sites for hydroxylation is 1. The lowest BCUT2D eigenvalue weighted by molar-refractivity contribution is 0.393. The third-order valence-electron chi connectivity index (χ3n) is 2.81. The third kappa shape index (κ3) is 4.31. The Morgan fingerprint density at radius 2 is 2.13 bits per heavy atom. The van der Waals surface area contributed by atoms with Gasteiger partial charge in [-0.1, -0.05) is 27.7 Å². The first-order chi connectivity index (χ1) is 7.13. The molecule has 0 amide bonds. The maximum atomic E-state index is 4.35. The molecular formula is C12H22N2S. The summed E-state index contributed by atoms with van der Waals surface area (Å²) in [6.07, 6.45) is 3.05. The molecule has 1 aromatic heterocycles. The summed E-state index contributed by atoms with van der Waals surface area (Å²) in [5.41, 5.74) is 0. The van der Waals surface area contributed by atoms with Crippen molar-refractivity contribution in [3.63, 3.8) is 0 Å². The maximum absolute atomic E-state index is 4.35. The van der Waals surface area contributed by atoms with Crippen molar-refractivity contribution in [1.82, 2.24) is 10.3 Å². The second-order valence-electron chi connectivity index (χ2n) is 4.43. The van der Waals surface area contributed by atoms with Gasteiger partial charge in [0.05, 0.1) is 5.01 Å². The highest BCUT2D eigenvalue weighted by Crippen LogP contribution is 2.13. The van der Waals surface area contributed by atoms with E-state index in [2.05, 4.69) is 38.0 Å². The van der Waals surface area contributed by atoms with Crippen LogP contribution in [0, 0.1) is 11.8 Å². The van der Waals surface area contributed by atoms with Crippen LogP contribution in [0.15, 0.2) is 6.20 Å². The first kappa shape index (κ1) is 12.7. The first-order valence-corrected chi connectivity index (χ1v) is 6.59. The number of hydrogen-bond donors (Lipinski definition) is 1. The van der Waals surface area contributed by atoms with Gasteiger partial charge >= 0.3 is 0 Å². The van der Waals surface area contributed by atoms with Gasteiger partial charge in [-0.2, -0.15) is 0 Å². The molecule has 1 unspecified atom stereocenters. The third-order valence-corrected chi connectivity index (χ3v) is 3.95. The van der Waals surface area contributed by atoms with Crippen LogP contribution in [0.25, 0.3) is 0 Å². The Labute approximate surface area is 97.1 Å². The molecule has 1 atom stereocenters. The Bertz CT molecular complexity index is 281. The zero-order chi connectivity index (χ0) is 11.3. The van der Waals surface area contributed by atoms with Gasteiger partial charge in [0.1, 0.15) is 0 Å². The minimum atomic E-state index is 0.739. The molecule has 0 fully saturated rings. The van der Waals surface area contributed by atoms with Crippen LogP contribution in [-0.2, 0) is 13.0 Å². The first-order valence-electron chi connectivity index (χ1n) is 5.77. The molecule has 1 rings (SSSR count). The fraction of sp³-hybridized carbons (Fsp3) is 0.750. The summed E-state index contributed by atoms with van der Waals surface area (Å²) in [5.74, 6) is 1.49. The Morgan fingerprint density at radius 1 is 1.40 bits per heavy atom.